The number of hydrogen-bond donors (Lipinski definition) is 3. The van der Waals surface area contributed by atoms with Crippen molar-refractivity contribution in [3.8, 4) is 17.6 Å². The number of ether oxygens (including phenoxy) is 1. The second kappa shape index (κ2) is 11.5. The first kappa shape index (κ1) is 25.1. The molecule has 1 aromatic carbocycles. The maximum atomic E-state index is 13.8. The highest BCUT2D eigenvalue weighted by Crippen LogP contribution is 2.35. The van der Waals surface area contributed by atoms with Crippen molar-refractivity contribution in [1.82, 2.24) is 15.2 Å². The Morgan fingerprint density at radius 3 is 2.88 bits per heavy atom. The molecule has 1 fully saturated rings. The van der Waals surface area contributed by atoms with E-state index in [-0.39, 0.29) is 46.7 Å². The Labute approximate surface area is 202 Å². The zero-order valence-electron chi connectivity index (χ0n) is 18.1. The Balaban J connectivity index is 1.58. The van der Waals surface area contributed by atoms with Crippen LogP contribution in [0, 0.1) is 17.7 Å². The molecule has 10 heteroatoms. The van der Waals surface area contributed by atoms with Crippen LogP contribution < -0.4 is 15.8 Å². The number of nitrogen functional groups attached to an aromatic ring is 1. The fraction of sp³-hybridized carbons (Fsp3) is 0.391. The Kier molecular flexibility index (Phi) is 8.75. The summed E-state index contributed by atoms with van der Waals surface area (Å²) >= 11 is 12.2. The molecule has 0 saturated carbocycles. The molecule has 1 unspecified atom stereocenters. The van der Waals surface area contributed by atoms with Crippen LogP contribution in [0.5, 0.6) is 5.75 Å². The van der Waals surface area contributed by atoms with E-state index in [1.807, 2.05) is 4.90 Å². The summed E-state index contributed by atoms with van der Waals surface area (Å²) in [6, 6.07) is 4.20. The number of anilines is 1. The molecule has 2 heterocycles. The molecule has 7 nitrogen and oxygen atoms in total. The number of amides is 1. The minimum Gasteiger partial charge on any atom is -0.482 e. The summed E-state index contributed by atoms with van der Waals surface area (Å²) in [6.45, 7) is 3.51. The molecule has 3 rings (SSSR count). The van der Waals surface area contributed by atoms with Crippen LogP contribution in [0.3, 0.4) is 0 Å². The lowest BCUT2D eigenvalue weighted by atomic mass is 10.1. The summed E-state index contributed by atoms with van der Waals surface area (Å²) in [5, 5.41) is 12.4. The quantitative estimate of drug-likeness (QED) is 0.421. The summed E-state index contributed by atoms with van der Waals surface area (Å²) in [5.74, 6) is 5.43. The number of likely N-dealkylation sites (tertiary alicyclic amines) is 1. The second-order valence-electron chi connectivity index (χ2n) is 7.71. The van der Waals surface area contributed by atoms with Gasteiger partial charge in [0.1, 0.15) is 11.9 Å². The van der Waals surface area contributed by atoms with Crippen LogP contribution in [0.4, 0.5) is 10.2 Å². The number of carbonyl (C=O) groups excluding carboxylic acids is 1. The van der Waals surface area contributed by atoms with Gasteiger partial charge in [-0.05, 0) is 31.9 Å². The van der Waals surface area contributed by atoms with Gasteiger partial charge in [0.05, 0.1) is 24.2 Å². The first-order chi connectivity index (χ1) is 15.7. The molecule has 0 spiro atoms. The van der Waals surface area contributed by atoms with Crippen LogP contribution in [-0.2, 0) is 4.79 Å². The van der Waals surface area contributed by atoms with Gasteiger partial charge in [-0.1, -0.05) is 35.0 Å². The van der Waals surface area contributed by atoms with Gasteiger partial charge in [-0.2, -0.15) is 0 Å². The number of aliphatic hydroxyl groups excluding tert-OH is 1. The molecular formula is C23H25Cl2FN4O3. The maximum Gasteiger partial charge on any atom is 0.234 e. The minimum atomic E-state index is -0.691. The molecule has 0 radical (unpaired) electrons. The lowest BCUT2D eigenvalue weighted by Crippen LogP contribution is -2.42. The van der Waals surface area contributed by atoms with Gasteiger partial charge >= 0.3 is 0 Å². The molecule has 2 aromatic rings. The molecule has 1 amide bonds. The normalized spacial score (nSPS) is 15.4. The first-order valence-electron chi connectivity index (χ1n) is 10.5. The third-order valence-electron chi connectivity index (χ3n) is 5.20. The Morgan fingerprint density at radius 1 is 1.42 bits per heavy atom. The highest BCUT2D eigenvalue weighted by molar-refractivity contribution is 6.36. The van der Waals surface area contributed by atoms with Crippen molar-refractivity contribution < 1.29 is 19.0 Å². The van der Waals surface area contributed by atoms with Crippen LogP contribution in [0.25, 0.3) is 0 Å². The van der Waals surface area contributed by atoms with E-state index in [9.17, 15) is 14.3 Å². The fourth-order valence-electron chi connectivity index (χ4n) is 3.41. The third kappa shape index (κ3) is 6.95. The Hall–Kier alpha value is -2.57. The lowest BCUT2D eigenvalue weighted by molar-refractivity contribution is -0.122. The summed E-state index contributed by atoms with van der Waals surface area (Å²) < 4.78 is 19.7. The molecule has 1 saturated heterocycles. The number of hydrogen-bond acceptors (Lipinski definition) is 6. The molecule has 0 bridgehead atoms. The van der Waals surface area contributed by atoms with E-state index >= 15 is 0 Å². The SMILES string of the molecule is CC(Oc1cc(C#CCNC(=O)CN2CCC(O)CC2)cnc1N)c1c(Cl)ccc(F)c1Cl. The molecule has 4 N–H and O–H groups in total. The predicted octanol–water partition coefficient (Wildman–Crippen LogP) is 3.17. The van der Waals surface area contributed by atoms with Crippen LogP contribution in [0.2, 0.25) is 10.0 Å². The average molecular weight is 495 g/mol. The smallest absolute Gasteiger partial charge is 0.234 e. The van der Waals surface area contributed by atoms with E-state index in [2.05, 4.69) is 22.1 Å². The van der Waals surface area contributed by atoms with Gasteiger partial charge in [0.2, 0.25) is 5.91 Å². The van der Waals surface area contributed by atoms with Crippen molar-refractivity contribution >= 4 is 34.9 Å². The summed E-state index contributed by atoms with van der Waals surface area (Å²) in [4.78, 5) is 18.1. The number of nitrogens with one attached hydrogen (secondary N) is 1. The van der Waals surface area contributed by atoms with Crippen LogP contribution in [0.15, 0.2) is 24.4 Å². The number of nitrogens with two attached hydrogens (primary N) is 1. The topological polar surface area (TPSA) is 101 Å². The molecule has 1 aliphatic heterocycles. The van der Waals surface area contributed by atoms with Gasteiger partial charge in [0.15, 0.2) is 11.6 Å². The number of piperidine rings is 1. The van der Waals surface area contributed by atoms with Crippen LogP contribution in [-0.4, -0.2) is 53.2 Å². The zero-order valence-corrected chi connectivity index (χ0v) is 19.6. The van der Waals surface area contributed by atoms with Gasteiger partial charge in [0.25, 0.3) is 0 Å². The van der Waals surface area contributed by atoms with E-state index in [4.69, 9.17) is 33.7 Å². The van der Waals surface area contributed by atoms with Crippen molar-refractivity contribution in [3.05, 3.63) is 51.4 Å². The monoisotopic (exact) mass is 494 g/mol. The highest BCUT2D eigenvalue weighted by atomic mass is 35.5. The van der Waals surface area contributed by atoms with Gasteiger partial charge in [-0.15, -0.1) is 0 Å². The van der Waals surface area contributed by atoms with E-state index in [1.165, 1.54) is 18.3 Å². The lowest BCUT2D eigenvalue weighted by Gasteiger charge is -2.28. The summed E-state index contributed by atoms with van der Waals surface area (Å²) in [6.07, 6.45) is 1.88. The molecule has 176 valence electrons. The third-order valence-corrected chi connectivity index (χ3v) is 5.92. The zero-order chi connectivity index (χ0) is 24.0. The molecule has 33 heavy (non-hydrogen) atoms. The average Bonchev–Trinajstić information content (AvgIpc) is 2.78. The molecule has 1 aliphatic rings. The van der Waals surface area contributed by atoms with E-state index in [0.29, 0.717) is 37.1 Å². The van der Waals surface area contributed by atoms with Crippen LogP contribution in [0.1, 0.15) is 37.0 Å². The van der Waals surface area contributed by atoms with Crippen molar-refractivity contribution in [2.75, 3.05) is 31.9 Å². The molecular weight excluding hydrogens is 470 g/mol. The van der Waals surface area contributed by atoms with Crippen molar-refractivity contribution in [2.24, 2.45) is 0 Å². The van der Waals surface area contributed by atoms with E-state index < -0.39 is 11.9 Å². The fourth-order valence-corrected chi connectivity index (χ4v) is 4.09. The molecule has 0 aliphatic carbocycles. The first-order valence-corrected chi connectivity index (χ1v) is 11.2. The maximum absolute atomic E-state index is 13.8. The van der Waals surface area contributed by atoms with E-state index in [1.54, 1.807) is 13.0 Å². The number of aromatic nitrogens is 1. The van der Waals surface area contributed by atoms with Gasteiger partial charge in [-0.25, -0.2) is 9.37 Å². The molecule has 1 aromatic heterocycles. The number of pyridine rings is 1. The highest BCUT2D eigenvalue weighted by Gasteiger charge is 2.20. The predicted molar refractivity (Wildman–Crippen MR) is 126 cm³/mol. The van der Waals surface area contributed by atoms with Crippen molar-refractivity contribution in [2.45, 2.75) is 32.0 Å². The number of aliphatic hydroxyl groups is 1. The van der Waals surface area contributed by atoms with Crippen molar-refractivity contribution in [1.29, 1.82) is 0 Å². The number of halogens is 3. The summed E-state index contributed by atoms with van der Waals surface area (Å²) in [5.41, 5.74) is 6.75. The van der Waals surface area contributed by atoms with Gasteiger partial charge in [0, 0.05) is 41.5 Å². The number of carbonyl (C=O) groups is 1. The van der Waals surface area contributed by atoms with E-state index in [0.717, 1.165) is 0 Å². The number of benzene rings is 1. The minimum absolute atomic E-state index is 0.117. The molecule has 1 atom stereocenters. The van der Waals surface area contributed by atoms with Crippen LogP contribution >= 0.6 is 23.2 Å². The summed E-state index contributed by atoms with van der Waals surface area (Å²) in [7, 11) is 0. The Morgan fingerprint density at radius 2 is 2.15 bits per heavy atom. The largest absolute Gasteiger partial charge is 0.482 e. The standard InChI is InChI=1S/C23H25Cl2FN4O3/c1-14(21-17(24)4-5-18(26)22(21)25)33-19-11-15(12-29-23(19)27)3-2-8-28-20(32)13-30-9-6-16(31)7-10-30/h4-5,11-12,14,16,31H,6-10,13H2,1H3,(H2,27,29)(H,28,32). The van der Waals surface area contributed by atoms with Gasteiger partial charge < -0.3 is 20.9 Å². The Bertz CT molecular complexity index is 1070. The van der Waals surface area contributed by atoms with Crippen molar-refractivity contribution in [3.63, 3.8) is 0 Å². The van der Waals surface area contributed by atoms with Gasteiger partial charge in [-0.3, -0.25) is 9.69 Å². The second-order valence-corrected chi connectivity index (χ2v) is 8.50. The number of nitrogens with zero attached hydrogens (tertiary/aromatic N) is 2. The number of rotatable bonds is 6.